The Labute approximate surface area is 119 Å². The highest BCUT2D eigenvalue weighted by molar-refractivity contribution is 7.89. The molecule has 2 rings (SSSR count). The highest BCUT2D eigenvalue weighted by Gasteiger charge is 2.20. The van der Waals surface area contributed by atoms with Crippen molar-refractivity contribution in [2.24, 2.45) is 0 Å². The van der Waals surface area contributed by atoms with Gasteiger partial charge < -0.3 is 5.73 Å². The molecule has 0 fully saturated rings. The van der Waals surface area contributed by atoms with Gasteiger partial charge in [0.25, 0.3) is 0 Å². The van der Waals surface area contributed by atoms with Gasteiger partial charge in [-0.05, 0) is 36.8 Å². The standard InChI is InChI=1S/C15H18N2O2S/c1-12-4-3-5-13(10-12)11-17(2)20(18,19)15-8-6-14(16)7-9-15/h3-10H,11,16H2,1-2H3. The van der Waals surface area contributed by atoms with Crippen LogP contribution in [-0.2, 0) is 16.6 Å². The number of sulfonamides is 1. The smallest absolute Gasteiger partial charge is 0.243 e. The molecule has 20 heavy (non-hydrogen) atoms. The Balaban J connectivity index is 2.23. The topological polar surface area (TPSA) is 63.4 Å². The SMILES string of the molecule is Cc1cccc(CN(C)S(=O)(=O)c2ccc(N)cc2)c1. The number of hydrogen-bond donors (Lipinski definition) is 1. The van der Waals surface area contributed by atoms with Gasteiger partial charge in [-0.3, -0.25) is 0 Å². The quantitative estimate of drug-likeness (QED) is 0.879. The molecule has 0 spiro atoms. The molecule has 0 saturated heterocycles. The highest BCUT2D eigenvalue weighted by Crippen LogP contribution is 2.18. The van der Waals surface area contributed by atoms with Crippen molar-refractivity contribution < 1.29 is 8.42 Å². The fourth-order valence-electron chi connectivity index (χ4n) is 1.97. The van der Waals surface area contributed by atoms with Crippen molar-refractivity contribution in [1.82, 2.24) is 4.31 Å². The summed E-state index contributed by atoms with van der Waals surface area (Å²) in [5, 5.41) is 0. The summed E-state index contributed by atoms with van der Waals surface area (Å²) in [5.74, 6) is 0. The van der Waals surface area contributed by atoms with Crippen molar-refractivity contribution in [3.63, 3.8) is 0 Å². The molecule has 2 aromatic carbocycles. The zero-order valence-corrected chi connectivity index (χ0v) is 12.4. The first-order valence-electron chi connectivity index (χ1n) is 6.27. The molecule has 2 N–H and O–H groups in total. The first-order chi connectivity index (χ1) is 9.39. The minimum Gasteiger partial charge on any atom is -0.399 e. The molecule has 2 aromatic rings. The van der Waals surface area contributed by atoms with E-state index < -0.39 is 10.0 Å². The zero-order valence-electron chi connectivity index (χ0n) is 11.6. The van der Waals surface area contributed by atoms with Crippen molar-refractivity contribution in [3.05, 3.63) is 59.7 Å². The lowest BCUT2D eigenvalue weighted by molar-refractivity contribution is 0.466. The van der Waals surface area contributed by atoms with E-state index in [0.29, 0.717) is 12.2 Å². The van der Waals surface area contributed by atoms with Crippen LogP contribution in [0.25, 0.3) is 0 Å². The Kier molecular flexibility index (Phi) is 4.11. The molecule has 0 heterocycles. The molecule has 0 bridgehead atoms. The molecule has 0 unspecified atom stereocenters. The van der Waals surface area contributed by atoms with Gasteiger partial charge >= 0.3 is 0 Å². The third-order valence-electron chi connectivity index (χ3n) is 3.08. The summed E-state index contributed by atoms with van der Waals surface area (Å²) in [6.07, 6.45) is 0. The maximum absolute atomic E-state index is 12.4. The van der Waals surface area contributed by atoms with E-state index in [1.165, 1.54) is 16.4 Å². The summed E-state index contributed by atoms with van der Waals surface area (Å²) in [7, 11) is -1.91. The van der Waals surface area contributed by atoms with Crippen LogP contribution in [0.15, 0.2) is 53.4 Å². The fraction of sp³-hybridized carbons (Fsp3) is 0.200. The van der Waals surface area contributed by atoms with Crippen LogP contribution in [0.2, 0.25) is 0 Å². The number of rotatable bonds is 4. The number of benzene rings is 2. The second-order valence-corrected chi connectivity index (χ2v) is 6.86. The molecule has 0 aliphatic carbocycles. The summed E-state index contributed by atoms with van der Waals surface area (Å²) < 4.78 is 26.2. The monoisotopic (exact) mass is 290 g/mol. The number of nitrogen functional groups attached to an aromatic ring is 1. The predicted molar refractivity (Wildman–Crippen MR) is 80.7 cm³/mol. The first kappa shape index (κ1) is 14.6. The highest BCUT2D eigenvalue weighted by atomic mass is 32.2. The van der Waals surface area contributed by atoms with Crippen molar-refractivity contribution in [1.29, 1.82) is 0 Å². The summed E-state index contributed by atoms with van der Waals surface area (Å²) in [6, 6.07) is 14.0. The normalized spacial score (nSPS) is 11.8. The molecule has 4 nitrogen and oxygen atoms in total. The van der Waals surface area contributed by atoms with E-state index >= 15 is 0 Å². The molecule has 106 valence electrons. The van der Waals surface area contributed by atoms with Gasteiger partial charge in [0.05, 0.1) is 4.90 Å². The Hall–Kier alpha value is -1.85. The largest absolute Gasteiger partial charge is 0.399 e. The Morgan fingerprint density at radius 2 is 1.75 bits per heavy atom. The number of aryl methyl sites for hydroxylation is 1. The lowest BCUT2D eigenvalue weighted by Crippen LogP contribution is -2.26. The first-order valence-corrected chi connectivity index (χ1v) is 7.71. The van der Waals surface area contributed by atoms with Crippen LogP contribution < -0.4 is 5.73 Å². The van der Waals surface area contributed by atoms with Gasteiger partial charge in [-0.15, -0.1) is 0 Å². The van der Waals surface area contributed by atoms with E-state index in [4.69, 9.17) is 5.73 Å². The third kappa shape index (κ3) is 3.18. The molecule has 0 atom stereocenters. The van der Waals surface area contributed by atoms with Crippen molar-refractivity contribution in [2.45, 2.75) is 18.4 Å². The maximum Gasteiger partial charge on any atom is 0.243 e. The number of hydrogen-bond acceptors (Lipinski definition) is 3. The molecule has 5 heteroatoms. The number of nitrogens with zero attached hydrogens (tertiary/aromatic N) is 1. The second kappa shape index (κ2) is 5.64. The van der Waals surface area contributed by atoms with E-state index in [2.05, 4.69) is 0 Å². The van der Waals surface area contributed by atoms with Gasteiger partial charge in [0, 0.05) is 19.3 Å². The molecular weight excluding hydrogens is 272 g/mol. The Morgan fingerprint density at radius 1 is 1.10 bits per heavy atom. The minimum atomic E-state index is -3.49. The van der Waals surface area contributed by atoms with Crippen LogP contribution in [0.4, 0.5) is 5.69 Å². The maximum atomic E-state index is 12.4. The van der Waals surface area contributed by atoms with Gasteiger partial charge in [-0.25, -0.2) is 8.42 Å². The Bertz CT molecular complexity index is 694. The fourth-order valence-corrected chi connectivity index (χ4v) is 3.13. The lowest BCUT2D eigenvalue weighted by atomic mass is 10.1. The van der Waals surface area contributed by atoms with Gasteiger partial charge in [-0.2, -0.15) is 4.31 Å². The summed E-state index contributed by atoms with van der Waals surface area (Å²) >= 11 is 0. The zero-order chi connectivity index (χ0) is 14.8. The van der Waals surface area contributed by atoms with E-state index in [0.717, 1.165) is 11.1 Å². The third-order valence-corrected chi connectivity index (χ3v) is 4.89. The van der Waals surface area contributed by atoms with Gasteiger partial charge in [0.1, 0.15) is 0 Å². The molecular formula is C15H18N2O2S. The predicted octanol–water partition coefficient (Wildman–Crippen LogP) is 2.40. The van der Waals surface area contributed by atoms with Crippen LogP contribution in [0.3, 0.4) is 0 Å². The van der Waals surface area contributed by atoms with Crippen LogP contribution in [0.5, 0.6) is 0 Å². The van der Waals surface area contributed by atoms with Gasteiger partial charge in [0.15, 0.2) is 0 Å². The van der Waals surface area contributed by atoms with Gasteiger partial charge in [0.2, 0.25) is 10.0 Å². The number of nitrogens with two attached hydrogens (primary N) is 1. The van der Waals surface area contributed by atoms with Gasteiger partial charge in [-0.1, -0.05) is 29.8 Å². The van der Waals surface area contributed by atoms with Crippen LogP contribution >= 0.6 is 0 Å². The summed E-state index contributed by atoms with van der Waals surface area (Å²) in [4.78, 5) is 0.252. The summed E-state index contributed by atoms with van der Waals surface area (Å²) in [6.45, 7) is 2.33. The molecule has 0 aromatic heterocycles. The second-order valence-electron chi connectivity index (χ2n) is 4.82. The van der Waals surface area contributed by atoms with Crippen molar-refractivity contribution >= 4 is 15.7 Å². The lowest BCUT2D eigenvalue weighted by Gasteiger charge is -2.17. The minimum absolute atomic E-state index is 0.252. The summed E-state index contributed by atoms with van der Waals surface area (Å²) in [5.41, 5.74) is 8.20. The van der Waals surface area contributed by atoms with E-state index in [1.54, 1.807) is 19.2 Å². The van der Waals surface area contributed by atoms with Crippen LogP contribution in [0, 0.1) is 6.92 Å². The molecule has 0 radical (unpaired) electrons. The molecule has 0 saturated carbocycles. The molecule has 0 amide bonds. The van der Waals surface area contributed by atoms with E-state index in [9.17, 15) is 8.42 Å². The average Bonchev–Trinajstić information content (AvgIpc) is 2.39. The Morgan fingerprint density at radius 3 is 2.35 bits per heavy atom. The number of anilines is 1. The van der Waals surface area contributed by atoms with Crippen LogP contribution in [-0.4, -0.2) is 19.8 Å². The van der Waals surface area contributed by atoms with Crippen LogP contribution in [0.1, 0.15) is 11.1 Å². The molecule has 0 aliphatic rings. The van der Waals surface area contributed by atoms with E-state index in [-0.39, 0.29) is 4.90 Å². The molecule has 0 aliphatic heterocycles. The van der Waals surface area contributed by atoms with Crippen molar-refractivity contribution in [3.8, 4) is 0 Å². The average molecular weight is 290 g/mol. The van der Waals surface area contributed by atoms with E-state index in [1.807, 2.05) is 31.2 Å². The van der Waals surface area contributed by atoms with Crippen molar-refractivity contribution in [2.75, 3.05) is 12.8 Å².